The maximum atomic E-state index is 14.0. The summed E-state index contributed by atoms with van der Waals surface area (Å²) in [5, 5.41) is 4.43. The summed E-state index contributed by atoms with van der Waals surface area (Å²) in [6, 6.07) is 11.7. The van der Waals surface area contributed by atoms with Gasteiger partial charge in [0.2, 0.25) is 0 Å². The van der Waals surface area contributed by atoms with Crippen LogP contribution < -0.4 is 4.90 Å². The Morgan fingerprint density at radius 2 is 1.94 bits per heavy atom. The summed E-state index contributed by atoms with van der Waals surface area (Å²) in [7, 11) is 0. The molecule has 0 N–H and O–H groups in total. The van der Waals surface area contributed by atoms with Crippen LogP contribution in [0.25, 0.3) is 0 Å². The van der Waals surface area contributed by atoms with Gasteiger partial charge in [-0.3, -0.25) is 4.79 Å². The Morgan fingerprint density at radius 1 is 1.15 bits per heavy atom. The first-order valence-corrected chi connectivity index (χ1v) is 11.4. The Morgan fingerprint density at radius 3 is 2.67 bits per heavy atom. The van der Waals surface area contributed by atoms with Crippen molar-refractivity contribution in [1.29, 1.82) is 0 Å². The average molecular weight is 471 g/mol. The normalized spacial score (nSPS) is 13.8. The quantitative estimate of drug-likeness (QED) is 0.384. The predicted octanol–water partition coefficient (Wildman–Crippen LogP) is 3.32. The Kier molecular flexibility index (Phi) is 7.23. The molecule has 1 aromatic carbocycles. The lowest BCUT2D eigenvalue weighted by Crippen LogP contribution is -2.50. The van der Waals surface area contributed by atoms with Gasteiger partial charge in [-0.1, -0.05) is 29.1 Å². The molecule has 0 bridgehead atoms. The molecule has 4 rings (SSSR count). The summed E-state index contributed by atoms with van der Waals surface area (Å²) in [5.41, 5.74) is 1.56. The summed E-state index contributed by atoms with van der Waals surface area (Å²) in [4.78, 5) is 33.0. The number of halogens is 1. The fraction of sp³-hybridized carbons (Fsp3) is 0.304. The van der Waals surface area contributed by atoms with Crippen molar-refractivity contribution in [2.24, 2.45) is 0 Å². The molecular weight excluding hydrogens is 447 g/mol. The van der Waals surface area contributed by atoms with Crippen LogP contribution in [0, 0.1) is 12.7 Å². The lowest BCUT2D eigenvalue weighted by Gasteiger charge is -2.36. The number of aromatic nitrogens is 2. The molecule has 33 heavy (non-hydrogen) atoms. The third-order valence-electron chi connectivity index (χ3n) is 5.18. The van der Waals surface area contributed by atoms with E-state index < -0.39 is 5.97 Å². The Bertz CT molecular complexity index is 1130. The van der Waals surface area contributed by atoms with Crippen molar-refractivity contribution < 1.29 is 23.2 Å². The number of ether oxygens (including phenoxy) is 1. The molecule has 172 valence electrons. The predicted molar refractivity (Wildman–Crippen MR) is 121 cm³/mol. The lowest BCUT2D eigenvalue weighted by molar-refractivity contribution is -0.134. The number of aryl methyl sites for hydroxylation is 1. The minimum absolute atomic E-state index is 0.282. The van der Waals surface area contributed by atoms with E-state index in [-0.39, 0.29) is 18.3 Å². The maximum Gasteiger partial charge on any atom is 0.341 e. The molecule has 0 unspecified atom stereocenters. The molecule has 10 heteroatoms. The van der Waals surface area contributed by atoms with E-state index in [2.05, 4.69) is 10.1 Å². The first-order chi connectivity index (χ1) is 16.0. The van der Waals surface area contributed by atoms with Crippen LogP contribution in [0.15, 0.2) is 58.2 Å². The number of esters is 1. The van der Waals surface area contributed by atoms with Crippen LogP contribution in [0.1, 0.15) is 21.8 Å². The number of amides is 1. The molecule has 3 heterocycles. The van der Waals surface area contributed by atoms with Crippen molar-refractivity contribution >= 4 is 29.3 Å². The van der Waals surface area contributed by atoms with Crippen LogP contribution in [0.3, 0.4) is 0 Å². The van der Waals surface area contributed by atoms with E-state index in [1.165, 1.54) is 17.8 Å². The summed E-state index contributed by atoms with van der Waals surface area (Å²) in [6.45, 7) is 3.31. The van der Waals surface area contributed by atoms with Crippen LogP contribution in [-0.2, 0) is 15.3 Å². The fourth-order valence-corrected chi connectivity index (χ4v) is 4.35. The minimum Gasteiger partial charge on any atom is -0.452 e. The second kappa shape index (κ2) is 10.5. The summed E-state index contributed by atoms with van der Waals surface area (Å²) in [5.74, 6) is 0.0161. The summed E-state index contributed by atoms with van der Waals surface area (Å²) >= 11 is 1.34. The van der Waals surface area contributed by atoms with E-state index >= 15 is 0 Å². The number of carbonyl (C=O) groups is 2. The molecule has 0 atom stereocenters. The van der Waals surface area contributed by atoms with Gasteiger partial charge in [0.25, 0.3) is 5.91 Å². The van der Waals surface area contributed by atoms with Gasteiger partial charge in [0.05, 0.1) is 16.9 Å². The molecule has 1 fully saturated rings. The van der Waals surface area contributed by atoms with Crippen molar-refractivity contribution in [3.8, 4) is 0 Å². The number of thioether (sulfide) groups is 1. The third-order valence-corrected chi connectivity index (χ3v) is 6.22. The highest BCUT2D eigenvalue weighted by Gasteiger charge is 2.24. The second-order valence-electron chi connectivity index (χ2n) is 7.47. The monoisotopic (exact) mass is 470 g/mol. The average Bonchev–Trinajstić information content (AvgIpc) is 3.26. The van der Waals surface area contributed by atoms with E-state index in [9.17, 15) is 14.0 Å². The largest absolute Gasteiger partial charge is 0.452 e. The van der Waals surface area contributed by atoms with Crippen molar-refractivity contribution in [2.45, 2.75) is 17.7 Å². The van der Waals surface area contributed by atoms with Crippen LogP contribution in [0.2, 0.25) is 0 Å². The van der Waals surface area contributed by atoms with Crippen LogP contribution in [0.4, 0.5) is 10.1 Å². The van der Waals surface area contributed by atoms with E-state index in [1.54, 1.807) is 41.4 Å². The molecule has 0 saturated carbocycles. The lowest BCUT2D eigenvalue weighted by atomic mass is 10.2. The first-order valence-electron chi connectivity index (χ1n) is 10.5. The zero-order valence-electron chi connectivity index (χ0n) is 18.1. The number of pyridine rings is 1. The number of anilines is 1. The van der Waals surface area contributed by atoms with E-state index in [0.29, 0.717) is 54.0 Å². The Labute approximate surface area is 194 Å². The van der Waals surface area contributed by atoms with Crippen molar-refractivity contribution in [1.82, 2.24) is 15.0 Å². The van der Waals surface area contributed by atoms with Gasteiger partial charge < -0.3 is 19.1 Å². The number of hydrogen-bond acceptors (Lipinski definition) is 8. The van der Waals surface area contributed by atoms with Gasteiger partial charge in [0.1, 0.15) is 16.6 Å². The molecule has 1 aliphatic heterocycles. The summed E-state index contributed by atoms with van der Waals surface area (Å²) < 4.78 is 24.3. The molecule has 0 aliphatic carbocycles. The number of nitrogens with zero attached hydrogens (tertiary/aromatic N) is 4. The topological polar surface area (TPSA) is 88.8 Å². The van der Waals surface area contributed by atoms with Crippen LogP contribution in [0.5, 0.6) is 0 Å². The van der Waals surface area contributed by atoms with Gasteiger partial charge in [-0.2, -0.15) is 0 Å². The highest BCUT2D eigenvalue weighted by atomic mass is 32.2. The van der Waals surface area contributed by atoms with Gasteiger partial charge in [0, 0.05) is 44.2 Å². The van der Waals surface area contributed by atoms with Gasteiger partial charge >= 0.3 is 5.97 Å². The van der Waals surface area contributed by atoms with E-state index in [4.69, 9.17) is 9.26 Å². The molecule has 8 nitrogen and oxygen atoms in total. The molecule has 1 aliphatic rings. The number of rotatable bonds is 7. The number of carbonyl (C=O) groups excluding carboxylic acids is 2. The number of piperazine rings is 1. The number of para-hydroxylation sites is 1. The van der Waals surface area contributed by atoms with Gasteiger partial charge in [-0.15, -0.1) is 0 Å². The molecule has 0 spiro atoms. The number of benzene rings is 1. The zero-order valence-corrected chi connectivity index (χ0v) is 18.9. The van der Waals surface area contributed by atoms with Gasteiger partial charge in [-0.05, 0) is 31.2 Å². The summed E-state index contributed by atoms with van der Waals surface area (Å²) in [6.07, 6.45) is 1.59. The van der Waals surface area contributed by atoms with Gasteiger partial charge in [0.15, 0.2) is 6.61 Å². The van der Waals surface area contributed by atoms with E-state index in [1.807, 2.05) is 17.9 Å². The van der Waals surface area contributed by atoms with Crippen LogP contribution in [-0.4, -0.2) is 59.7 Å². The maximum absolute atomic E-state index is 14.0. The third kappa shape index (κ3) is 5.70. The molecule has 0 radical (unpaired) electrons. The smallest absolute Gasteiger partial charge is 0.341 e. The standard InChI is InChI=1S/C23H23FN4O4S/c1-16-13-17(26-32-16)15-33-22-18(5-4-8-25-22)23(30)31-14-21(29)28-11-9-27(10-12-28)20-7-3-2-6-19(20)24/h2-8,13H,9-12,14-15H2,1H3. The number of hydrogen-bond donors (Lipinski definition) is 0. The van der Waals surface area contributed by atoms with Crippen molar-refractivity contribution in [3.63, 3.8) is 0 Å². The molecule has 3 aromatic rings. The van der Waals surface area contributed by atoms with E-state index in [0.717, 1.165) is 5.69 Å². The molecular formula is C23H23FN4O4S. The van der Waals surface area contributed by atoms with Crippen molar-refractivity contribution in [2.75, 3.05) is 37.7 Å². The molecule has 1 amide bonds. The van der Waals surface area contributed by atoms with Gasteiger partial charge in [-0.25, -0.2) is 14.2 Å². The molecule has 2 aromatic heterocycles. The highest BCUT2D eigenvalue weighted by Crippen LogP contribution is 2.25. The second-order valence-corrected chi connectivity index (χ2v) is 8.43. The highest BCUT2D eigenvalue weighted by molar-refractivity contribution is 7.98. The van der Waals surface area contributed by atoms with Crippen molar-refractivity contribution in [3.05, 3.63) is 71.5 Å². The molecule has 1 saturated heterocycles. The Hall–Kier alpha value is -3.40. The Balaban J connectivity index is 1.28. The van der Waals surface area contributed by atoms with Crippen LogP contribution >= 0.6 is 11.8 Å². The minimum atomic E-state index is -0.611. The SMILES string of the molecule is Cc1cc(CSc2ncccc2C(=O)OCC(=O)N2CCN(c3ccccc3F)CC2)no1. The fourth-order valence-electron chi connectivity index (χ4n) is 3.49. The first kappa shape index (κ1) is 22.8. The zero-order chi connectivity index (χ0) is 23.2.